The van der Waals surface area contributed by atoms with Gasteiger partial charge in [0.05, 0.1) is 19.8 Å². The first-order valence-corrected chi connectivity index (χ1v) is 10.3. The van der Waals surface area contributed by atoms with Crippen molar-refractivity contribution in [1.82, 2.24) is 19.9 Å². The van der Waals surface area contributed by atoms with Crippen LogP contribution >= 0.6 is 11.3 Å². The lowest BCUT2D eigenvalue weighted by Gasteiger charge is -2.26. The third-order valence-corrected chi connectivity index (χ3v) is 5.18. The highest BCUT2D eigenvalue weighted by atomic mass is 32.1. The summed E-state index contributed by atoms with van der Waals surface area (Å²) in [4.78, 5) is 15.5. The van der Waals surface area contributed by atoms with Crippen LogP contribution < -0.4 is 10.1 Å². The molecule has 146 valence electrons. The molecule has 1 aliphatic heterocycles. The molecule has 0 unspecified atom stereocenters. The zero-order valence-corrected chi connectivity index (χ0v) is 16.4. The van der Waals surface area contributed by atoms with Crippen LogP contribution in [-0.4, -0.2) is 59.3 Å². The molecular weight excluding hydrogens is 374 g/mol. The van der Waals surface area contributed by atoms with Gasteiger partial charge in [-0.25, -0.2) is 15.0 Å². The van der Waals surface area contributed by atoms with Crippen molar-refractivity contribution in [3.05, 3.63) is 48.1 Å². The van der Waals surface area contributed by atoms with E-state index >= 15 is 0 Å². The second kappa shape index (κ2) is 9.59. The van der Waals surface area contributed by atoms with E-state index in [2.05, 4.69) is 25.2 Å². The maximum absolute atomic E-state index is 5.91. The van der Waals surface area contributed by atoms with Crippen molar-refractivity contribution in [2.45, 2.75) is 6.42 Å². The van der Waals surface area contributed by atoms with Gasteiger partial charge in [-0.15, -0.1) is 11.3 Å². The van der Waals surface area contributed by atoms with E-state index in [1.54, 1.807) is 23.7 Å². The fraction of sp³-hybridized carbons (Fsp3) is 0.350. The minimum atomic E-state index is 0.539. The Hall–Kier alpha value is -2.55. The van der Waals surface area contributed by atoms with E-state index in [0.717, 1.165) is 61.4 Å². The van der Waals surface area contributed by atoms with Crippen LogP contribution in [0.1, 0.15) is 6.42 Å². The Bertz CT molecular complexity index is 869. The molecule has 2 aromatic heterocycles. The molecule has 1 fully saturated rings. The molecule has 4 rings (SSSR count). The zero-order valence-electron chi connectivity index (χ0n) is 15.6. The van der Waals surface area contributed by atoms with Gasteiger partial charge in [0.2, 0.25) is 5.95 Å². The van der Waals surface area contributed by atoms with Gasteiger partial charge in [-0.3, -0.25) is 4.90 Å². The number of anilines is 2. The molecule has 0 amide bonds. The van der Waals surface area contributed by atoms with Gasteiger partial charge in [0.1, 0.15) is 16.5 Å². The summed E-state index contributed by atoms with van der Waals surface area (Å²) in [5.41, 5.74) is 1.70. The largest absolute Gasteiger partial charge is 0.493 e. The molecule has 0 radical (unpaired) electrons. The van der Waals surface area contributed by atoms with Gasteiger partial charge in [-0.2, -0.15) is 0 Å². The molecule has 0 bridgehead atoms. The maximum Gasteiger partial charge on any atom is 0.227 e. The number of rotatable bonds is 8. The predicted octanol–water partition coefficient (Wildman–Crippen LogP) is 3.44. The lowest BCUT2D eigenvalue weighted by Crippen LogP contribution is -2.37. The minimum absolute atomic E-state index is 0.539. The average Bonchev–Trinajstić information content (AvgIpc) is 3.28. The van der Waals surface area contributed by atoms with Gasteiger partial charge in [-0.05, 0) is 24.6 Å². The van der Waals surface area contributed by atoms with Crippen molar-refractivity contribution in [2.75, 3.05) is 44.8 Å². The summed E-state index contributed by atoms with van der Waals surface area (Å²) in [7, 11) is 0. The standard InChI is InChI=1S/C20H23N5O2S/c1-3-16(23-20-22-6-5-18(24-20)19-21-7-14-28-19)15-17(4-1)27-11-2-8-25-9-12-26-13-10-25/h1,3-7,14-15H,2,8-13H2,(H,22,23,24). The van der Waals surface area contributed by atoms with Gasteiger partial charge < -0.3 is 14.8 Å². The smallest absolute Gasteiger partial charge is 0.227 e. The van der Waals surface area contributed by atoms with E-state index in [0.29, 0.717) is 12.6 Å². The van der Waals surface area contributed by atoms with Crippen molar-refractivity contribution in [3.8, 4) is 16.5 Å². The van der Waals surface area contributed by atoms with E-state index in [4.69, 9.17) is 9.47 Å². The van der Waals surface area contributed by atoms with Crippen molar-refractivity contribution in [2.24, 2.45) is 0 Å². The number of ether oxygens (including phenoxy) is 2. The Labute approximate surface area is 168 Å². The SMILES string of the molecule is c1cc(Nc2nccc(-c3nccs3)n2)cc(OCCCN2CCOCC2)c1. The minimum Gasteiger partial charge on any atom is -0.493 e. The molecule has 0 saturated carbocycles. The van der Waals surface area contributed by atoms with E-state index in [9.17, 15) is 0 Å². The Morgan fingerprint density at radius 3 is 2.93 bits per heavy atom. The summed E-state index contributed by atoms with van der Waals surface area (Å²) in [5.74, 6) is 1.38. The highest BCUT2D eigenvalue weighted by Crippen LogP contribution is 2.23. The van der Waals surface area contributed by atoms with Crippen LogP contribution in [0.15, 0.2) is 48.1 Å². The average molecular weight is 398 g/mol. The topological polar surface area (TPSA) is 72.4 Å². The van der Waals surface area contributed by atoms with Gasteiger partial charge in [-0.1, -0.05) is 6.07 Å². The predicted molar refractivity (Wildman–Crippen MR) is 110 cm³/mol. The number of nitrogens with zero attached hydrogens (tertiary/aromatic N) is 4. The molecule has 0 atom stereocenters. The molecule has 1 saturated heterocycles. The summed E-state index contributed by atoms with van der Waals surface area (Å²) in [6.45, 7) is 5.43. The highest BCUT2D eigenvalue weighted by molar-refractivity contribution is 7.13. The first-order valence-electron chi connectivity index (χ1n) is 9.40. The van der Waals surface area contributed by atoms with Gasteiger partial charge in [0.25, 0.3) is 0 Å². The Balaban J connectivity index is 1.30. The van der Waals surface area contributed by atoms with Crippen LogP contribution in [0.4, 0.5) is 11.6 Å². The van der Waals surface area contributed by atoms with E-state index in [1.165, 1.54) is 0 Å². The van der Waals surface area contributed by atoms with Crippen LogP contribution in [0.25, 0.3) is 10.7 Å². The van der Waals surface area contributed by atoms with Crippen LogP contribution in [0, 0.1) is 0 Å². The second-order valence-electron chi connectivity index (χ2n) is 6.41. The molecule has 7 nitrogen and oxygen atoms in total. The summed E-state index contributed by atoms with van der Waals surface area (Å²) < 4.78 is 11.3. The molecule has 1 N–H and O–H groups in total. The molecule has 8 heteroatoms. The fourth-order valence-electron chi connectivity index (χ4n) is 2.98. The van der Waals surface area contributed by atoms with Gasteiger partial charge in [0, 0.05) is 49.2 Å². The molecule has 1 aromatic carbocycles. The molecule has 3 aromatic rings. The van der Waals surface area contributed by atoms with Crippen molar-refractivity contribution in [1.29, 1.82) is 0 Å². The first kappa shape index (κ1) is 18.8. The fourth-order valence-corrected chi connectivity index (χ4v) is 3.59. The summed E-state index contributed by atoms with van der Waals surface area (Å²) in [6, 6.07) is 9.73. The maximum atomic E-state index is 5.91. The van der Waals surface area contributed by atoms with Crippen molar-refractivity contribution < 1.29 is 9.47 Å². The summed E-state index contributed by atoms with van der Waals surface area (Å²) in [6.07, 6.45) is 4.50. The number of thiazole rings is 1. The van der Waals surface area contributed by atoms with Gasteiger partial charge >= 0.3 is 0 Å². The van der Waals surface area contributed by atoms with E-state index < -0.39 is 0 Å². The Morgan fingerprint density at radius 2 is 2.07 bits per heavy atom. The quantitative estimate of drug-likeness (QED) is 0.584. The van der Waals surface area contributed by atoms with E-state index in [1.807, 2.05) is 35.7 Å². The second-order valence-corrected chi connectivity index (χ2v) is 7.31. The number of hydrogen-bond donors (Lipinski definition) is 1. The number of nitrogens with one attached hydrogen (secondary N) is 1. The monoisotopic (exact) mass is 397 g/mol. The van der Waals surface area contributed by atoms with Crippen molar-refractivity contribution in [3.63, 3.8) is 0 Å². The molecular formula is C20H23N5O2S. The Kier molecular flexibility index (Phi) is 6.44. The summed E-state index contributed by atoms with van der Waals surface area (Å²) in [5, 5.41) is 6.05. The highest BCUT2D eigenvalue weighted by Gasteiger charge is 2.09. The summed E-state index contributed by atoms with van der Waals surface area (Å²) >= 11 is 1.56. The van der Waals surface area contributed by atoms with Gasteiger partial charge in [0.15, 0.2) is 0 Å². The molecule has 1 aliphatic rings. The zero-order chi connectivity index (χ0) is 19.0. The molecule has 28 heavy (non-hydrogen) atoms. The number of benzene rings is 1. The Morgan fingerprint density at radius 1 is 1.14 bits per heavy atom. The molecule has 0 aliphatic carbocycles. The van der Waals surface area contributed by atoms with Crippen LogP contribution in [0.5, 0.6) is 5.75 Å². The van der Waals surface area contributed by atoms with Crippen molar-refractivity contribution >= 4 is 23.0 Å². The van der Waals surface area contributed by atoms with Crippen LogP contribution in [0.3, 0.4) is 0 Å². The number of hydrogen-bond acceptors (Lipinski definition) is 8. The molecule has 0 spiro atoms. The number of aromatic nitrogens is 3. The normalized spacial score (nSPS) is 14.7. The third-order valence-electron chi connectivity index (χ3n) is 4.39. The lowest BCUT2D eigenvalue weighted by molar-refractivity contribution is 0.0358. The lowest BCUT2D eigenvalue weighted by atomic mass is 10.3. The van der Waals surface area contributed by atoms with Crippen LogP contribution in [0.2, 0.25) is 0 Å². The number of morpholine rings is 1. The molecule has 3 heterocycles. The first-order chi connectivity index (χ1) is 13.9. The third kappa shape index (κ3) is 5.25. The van der Waals surface area contributed by atoms with E-state index in [-0.39, 0.29) is 0 Å². The van der Waals surface area contributed by atoms with Crippen LogP contribution in [-0.2, 0) is 4.74 Å².